The summed E-state index contributed by atoms with van der Waals surface area (Å²) in [6, 6.07) is 7.97. The number of nitrogens with two attached hydrogens (primary N) is 1. The smallest absolute Gasteiger partial charge is 0.225 e. The Morgan fingerprint density at radius 1 is 1.45 bits per heavy atom. The lowest BCUT2D eigenvalue weighted by molar-refractivity contribution is -0.136. The maximum atomic E-state index is 12.5. The minimum absolute atomic E-state index is 0. The molecule has 0 spiro atoms. The topological polar surface area (TPSA) is 66.6 Å². The predicted octanol–water partition coefficient (Wildman–Crippen LogP) is 2.28. The summed E-state index contributed by atoms with van der Waals surface area (Å²) in [6.45, 7) is 0.613. The number of benzene rings is 1. The highest BCUT2D eigenvalue weighted by Gasteiger charge is 2.32. The first kappa shape index (κ1) is 19.3. The van der Waals surface area contributed by atoms with E-state index in [1.807, 2.05) is 25.4 Å². The summed E-state index contributed by atoms with van der Waals surface area (Å²) in [5, 5.41) is 9.66. The summed E-state index contributed by atoms with van der Waals surface area (Å²) < 4.78 is 0. The van der Waals surface area contributed by atoms with E-state index in [1.165, 1.54) is 4.90 Å². The van der Waals surface area contributed by atoms with Gasteiger partial charge in [0.1, 0.15) is 0 Å². The van der Waals surface area contributed by atoms with Crippen molar-refractivity contribution in [1.29, 1.82) is 0 Å². The van der Waals surface area contributed by atoms with Gasteiger partial charge in [0.15, 0.2) is 0 Å². The standard InChI is InChI=1S/C16H24N2O2S.ClH/c1-18(10-11-4-3-5-13(8-11)21-2)16(20)12-6-7-15(19)14(17)9-12;/h3-5,8,12,14-15,19H,6-7,9-10,17H2,1-2H3;1H/t12-,14+,15+;/m0./s1. The summed E-state index contributed by atoms with van der Waals surface area (Å²) in [7, 11) is 1.84. The van der Waals surface area contributed by atoms with Crippen LogP contribution in [0.2, 0.25) is 0 Å². The summed E-state index contributed by atoms with van der Waals surface area (Å²) in [5.74, 6) is 0.0732. The Kier molecular flexibility index (Phi) is 7.69. The second-order valence-corrected chi connectivity index (χ2v) is 6.67. The number of aliphatic hydroxyl groups is 1. The number of halogens is 1. The van der Waals surface area contributed by atoms with Crippen LogP contribution in [0.4, 0.5) is 0 Å². The molecule has 1 aromatic carbocycles. The summed E-state index contributed by atoms with van der Waals surface area (Å²) in [6.07, 6.45) is 3.51. The van der Waals surface area contributed by atoms with Gasteiger partial charge in [0.25, 0.3) is 0 Å². The molecule has 2 rings (SSSR count). The van der Waals surface area contributed by atoms with Crippen molar-refractivity contribution in [1.82, 2.24) is 4.90 Å². The van der Waals surface area contributed by atoms with Crippen LogP contribution in [0.3, 0.4) is 0 Å². The average molecular weight is 345 g/mol. The minimum atomic E-state index is -0.461. The molecule has 1 saturated carbocycles. The zero-order chi connectivity index (χ0) is 15.4. The van der Waals surface area contributed by atoms with Crippen molar-refractivity contribution in [2.75, 3.05) is 13.3 Å². The number of hydrogen-bond donors (Lipinski definition) is 2. The molecule has 124 valence electrons. The molecule has 1 aromatic rings. The number of rotatable bonds is 4. The summed E-state index contributed by atoms with van der Waals surface area (Å²) >= 11 is 1.70. The van der Waals surface area contributed by atoms with Crippen molar-refractivity contribution in [2.45, 2.75) is 42.8 Å². The second-order valence-electron chi connectivity index (χ2n) is 5.79. The maximum Gasteiger partial charge on any atom is 0.225 e. The van der Waals surface area contributed by atoms with E-state index >= 15 is 0 Å². The lowest BCUT2D eigenvalue weighted by Crippen LogP contribution is -2.45. The Balaban J connectivity index is 0.00000242. The van der Waals surface area contributed by atoms with Crippen LogP contribution in [0.15, 0.2) is 29.2 Å². The molecule has 0 unspecified atom stereocenters. The Morgan fingerprint density at radius 3 is 2.82 bits per heavy atom. The van der Waals surface area contributed by atoms with Gasteiger partial charge in [0.2, 0.25) is 5.91 Å². The maximum absolute atomic E-state index is 12.5. The highest BCUT2D eigenvalue weighted by molar-refractivity contribution is 7.98. The van der Waals surface area contributed by atoms with Gasteiger partial charge in [-0.3, -0.25) is 4.79 Å². The molecule has 1 aliphatic rings. The molecule has 0 bridgehead atoms. The van der Waals surface area contributed by atoms with Crippen LogP contribution in [0.25, 0.3) is 0 Å². The highest BCUT2D eigenvalue weighted by Crippen LogP contribution is 2.26. The van der Waals surface area contributed by atoms with Gasteiger partial charge in [0.05, 0.1) is 6.10 Å². The first-order valence-corrected chi connectivity index (χ1v) is 8.55. The van der Waals surface area contributed by atoms with Crippen LogP contribution in [0, 0.1) is 5.92 Å². The van der Waals surface area contributed by atoms with E-state index in [9.17, 15) is 9.90 Å². The number of amides is 1. The van der Waals surface area contributed by atoms with Crippen molar-refractivity contribution >= 4 is 30.1 Å². The molecule has 22 heavy (non-hydrogen) atoms. The van der Waals surface area contributed by atoms with Crippen LogP contribution < -0.4 is 5.73 Å². The van der Waals surface area contributed by atoms with Crippen molar-refractivity contribution in [3.63, 3.8) is 0 Å². The molecular formula is C16H25ClN2O2S. The fourth-order valence-corrected chi connectivity index (χ4v) is 3.33. The van der Waals surface area contributed by atoms with E-state index < -0.39 is 6.10 Å². The van der Waals surface area contributed by atoms with E-state index in [2.05, 4.69) is 12.1 Å². The first-order chi connectivity index (χ1) is 10.0. The molecule has 0 aliphatic heterocycles. The Hall–Kier alpha value is -0.750. The van der Waals surface area contributed by atoms with Crippen LogP contribution in [-0.2, 0) is 11.3 Å². The Bertz CT molecular complexity index is 501. The normalized spacial score (nSPS) is 24.5. The lowest BCUT2D eigenvalue weighted by Gasteiger charge is -2.32. The molecule has 1 aliphatic carbocycles. The monoisotopic (exact) mass is 344 g/mol. The van der Waals surface area contributed by atoms with Gasteiger partial charge in [0, 0.05) is 30.4 Å². The number of carbonyl (C=O) groups is 1. The number of nitrogens with zero attached hydrogens (tertiary/aromatic N) is 1. The van der Waals surface area contributed by atoms with E-state index in [-0.39, 0.29) is 30.3 Å². The molecule has 1 amide bonds. The fraction of sp³-hybridized carbons (Fsp3) is 0.562. The molecule has 0 radical (unpaired) electrons. The van der Waals surface area contributed by atoms with E-state index in [1.54, 1.807) is 16.7 Å². The fourth-order valence-electron chi connectivity index (χ4n) is 2.85. The zero-order valence-corrected chi connectivity index (χ0v) is 14.7. The van der Waals surface area contributed by atoms with Crippen molar-refractivity contribution < 1.29 is 9.90 Å². The largest absolute Gasteiger partial charge is 0.392 e. The second kappa shape index (κ2) is 8.77. The molecule has 1 fully saturated rings. The van der Waals surface area contributed by atoms with Gasteiger partial charge in [-0.05, 0) is 43.2 Å². The highest BCUT2D eigenvalue weighted by atomic mass is 35.5. The lowest BCUT2D eigenvalue weighted by atomic mass is 9.83. The molecule has 3 atom stereocenters. The van der Waals surface area contributed by atoms with Crippen molar-refractivity contribution in [3.05, 3.63) is 29.8 Å². The summed E-state index contributed by atoms with van der Waals surface area (Å²) in [4.78, 5) is 15.5. The third-order valence-corrected chi connectivity index (χ3v) is 4.87. The van der Waals surface area contributed by atoms with Gasteiger partial charge in [-0.1, -0.05) is 12.1 Å². The Labute approximate surface area is 142 Å². The minimum Gasteiger partial charge on any atom is -0.392 e. The quantitative estimate of drug-likeness (QED) is 0.822. The zero-order valence-electron chi connectivity index (χ0n) is 13.1. The third kappa shape index (κ3) is 4.88. The van der Waals surface area contributed by atoms with Crippen LogP contribution >= 0.6 is 24.2 Å². The van der Waals surface area contributed by atoms with Crippen LogP contribution in [0.5, 0.6) is 0 Å². The van der Waals surface area contributed by atoms with E-state index in [0.29, 0.717) is 19.4 Å². The molecular weight excluding hydrogens is 320 g/mol. The molecule has 0 heterocycles. The van der Waals surface area contributed by atoms with E-state index in [4.69, 9.17) is 5.73 Å². The number of thioether (sulfide) groups is 1. The molecule has 6 heteroatoms. The van der Waals surface area contributed by atoms with Gasteiger partial charge in [-0.25, -0.2) is 0 Å². The first-order valence-electron chi connectivity index (χ1n) is 7.32. The third-order valence-electron chi connectivity index (χ3n) is 4.14. The average Bonchev–Trinajstić information content (AvgIpc) is 2.49. The van der Waals surface area contributed by atoms with Gasteiger partial charge in [-0.15, -0.1) is 24.2 Å². The Morgan fingerprint density at radius 2 is 2.18 bits per heavy atom. The van der Waals surface area contributed by atoms with Gasteiger partial charge in [-0.2, -0.15) is 0 Å². The van der Waals surface area contributed by atoms with Crippen molar-refractivity contribution in [2.24, 2.45) is 11.7 Å². The summed E-state index contributed by atoms with van der Waals surface area (Å²) in [5.41, 5.74) is 7.01. The van der Waals surface area contributed by atoms with Crippen LogP contribution in [-0.4, -0.2) is 41.4 Å². The number of carbonyl (C=O) groups excluding carboxylic acids is 1. The number of hydrogen-bond acceptors (Lipinski definition) is 4. The molecule has 4 nitrogen and oxygen atoms in total. The SMILES string of the molecule is CSc1cccc(CN(C)C(=O)[C@H]2CC[C@@H](O)[C@H](N)C2)c1.Cl. The molecule has 3 N–H and O–H groups in total. The molecule has 0 saturated heterocycles. The van der Waals surface area contributed by atoms with Crippen molar-refractivity contribution in [3.8, 4) is 0 Å². The predicted molar refractivity (Wildman–Crippen MR) is 93.3 cm³/mol. The van der Waals surface area contributed by atoms with Gasteiger partial charge >= 0.3 is 0 Å². The molecule has 0 aromatic heterocycles. The van der Waals surface area contributed by atoms with Crippen LogP contribution in [0.1, 0.15) is 24.8 Å². The van der Waals surface area contributed by atoms with E-state index in [0.717, 1.165) is 12.0 Å². The number of aliphatic hydroxyl groups excluding tert-OH is 1. The van der Waals surface area contributed by atoms with Gasteiger partial charge < -0.3 is 15.7 Å².